The van der Waals surface area contributed by atoms with E-state index in [0.717, 1.165) is 10.0 Å². The smallest absolute Gasteiger partial charge is 0.257 e. The molecule has 0 aliphatic heterocycles. The van der Waals surface area contributed by atoms with E-state index in [4.69, 9.17) is 27.9 Å². The lowest BCUT2D eigenvalue weighted by molar-refractivity contribution is 0.102. The van der Waals surface area contributed by atoms with Crippen LogP contribution in [0.2, 0.25) is 10.2 Å². The number of aryl methyl sites for hydroxylation is 1. The molecule has 1 heterocycles. The van der Waals surface area contributed by atoms with Crippen molar-refractivity contribution in [3.05, 3.63) is 50.2 Å². The van der Waals surface area contributed by atoms with Crippen molar-refractivity contribution in [1.82, 2.24) is 4.98 Å². The van der Waals surface area contributed by atoms with Crippen LogP contribution >= 0.6 is 39.1 Å². The molecule has 0 atom stereocenters. The molecular weight excluding hydrogens is 379 g/mol. The Balaban J connectivity index is 2.33. The summed E-state index contributed by atoms with van der Waals surface area (Å²) in [6.07, 6.45) is 1.37. The van der Waals surface area contributed by atoms with Gasteiger partial charge in [0.2, 0.25) is 0 Å². The van der Waals surface area contributed by atoms with Crippen LogP contribution in [0.25, 0.3) is 0 Å². The number of benzene rings is 1. The van der Waals surface area contributed by atoms with E-state index in [0.29, 0.717) is 17.0 Å². The van der Waals surface area contributed by atoms with Gasteiger partial charge in [0.15, 0.2) is 0 Å². The molecule has 0 spiro atoms. The molecule has 2 rings (SSSR count). The Bertz CT molecular complexity index is 708. The highest BCUT2D eigenvalue weighted by Gasteiger charge is 2.14. The Morgan fingerprint density at radius 2 is 2.05 bits per heavy atom. The van der Waals surface area contributed by atoms with Gasteiger partial charge in [-0.05, 0) is 30.7 Å². The molecule has 1 amide bonds. The van der Waals surface area contributed by atoms with Crippen LogP contribution < -0.4 is 10.1 Å². The topological polar surface area (TPSA) is 51.2 Å². The number of aromatic nitrogens is 1. The number of carbonyl (C=O) groups excluding carboxylic acids is 1. The van der Waals surface area contributed by atoms with Crippen LogP contribution in [0, 0.1) is 6.92 Å². The van der Waals surface area contributed by atoms with Crippen molar-refractivity contribution in [3.63, 3.8) is 0 Å². The molecule has 1 N–H and O–H groups in total. The van der Waals surface area contributed by atoms with Crippen molar-refractivity contribution < 1.29 is 9.53 Å². The maximum absolute atomic E-state index is 12.3. The molecule has 1 aromatic heterocycles. The molecule has 0 unspecified atom stereocenters. The SMILES string of the molecule is COc1cc(Br)cc(C)c1NC(=O)c1cnc(Cl)c(Cl)c1. The second kappa shape index (κ2) is 6.64. The molecule has 0 saturated heterocycles. The number of amides is 1. The minimum atomic E-state index is -0.343. The highest BCUT2D eigenvalue weighted by Crippen LogP contribution is 2.32. The van der Waals surface area contributed by atoms with Crippen molar-refractivity contribution >= 4 is 50.7 Å². The lowest BCUT2D eigenvalue weighted by Gasteiger charge is -2.13. The third kappa shape index (κ3) is 3.67. The number of halogens is 3. The molecule has 0 aliphatic carbocycles. The highest BCUT2D eigenvalue weighted by molar-refractivity contribution is 9.10. The Morgan fingerprint density at radius 3 is 2.67 bits per heavy atom. The lowest BCUT2D eigenvalue weighted by atomic mass is 10.1. The number of nitrogens with one attached hydrogen (secondary N) is 1. The number of ether oxygens (including phenoxy) is 1. The first-order chi connectivity index (χ1) is 9.92. The molecular formula is C14H11BrCl2N2O2. The van der Waals surface area contributed by atoms with Crippen molar-refractivity contribution in [1.29, 1.82) is 0 Å². The van der Waals surface area contributed by atoms with Crippen molar-refractivity contribution in [3.8, 4) is 5.75 Å². The number of rotatable bonds is 3. The Labute approximate surface area is 140 Å². The van der Waals surface area contributed by atoms with Gasteiger partial charge in [-0.1, -0.05) is 39.1 Å². The van der Waals surface area contributed by atoms with Crippen LogP contribution in [-0.2, 0) is 0 Å². The third-order valence-corrected chi connectivity index (χ3v) is 3.92. The van der Waals surface area contributed by atoms with Gasteiger partial charge < -0.3 is 10.1 Å². The summed E-state index contributed by atoms with van der Waals surface area (Å²) < 4.78 is 6.15. The van der Waals surface area contributed by atoms with E-state index in [1.54, 1.807) is 6.07 Å². The van der Waals surface area contributed by atoms with E-state index in [9.17, 15) is 4.79 Å². The number of methoxy groups -OCH3 is 1. The Kier molecular flexibility index (Phi) is 5.08. The van der Waals surface area contributed by atoms with Gasteiger partial charge in [-0.15, -0.1) is 0 Å². The van der Waals surface area contributed by atoms with Gasteiger partial charge in [-0.25, -0.2) is 4.98 Å². The van der Waals surface area contributed by atoms with Crippen LogP contribution in [0.3, 0.4) is 0 Å². The van der Waals surface area contributed by atoms with Crippen molar-refractivity contribution in [2.45, 2.75) is 6.92 Å². The normalized spacial score (nSPS) is 10.3. The number of hydrogen-bond donors (Lipinski definition) is 1. The summed E-state index contributed by atoms with van der Waals surface area (Å²) in [6, 6.07) is 5.12. The second-order valence-corrected chi connectivity index (χ2v) is 5.93. The summed E-state index contributed by atoms with van der Waals surface area (Å²) in [7, 11) is 1.54. The summed E-state index contributed by atoms with van der Waals surface area (Å²) in [4.78, 5) is 16.1. The van der Waals surface area contributed by atoms with E-state index in [-0.39, 0.29) is 16.1 Å². The molecule has 0 bridgehead atoms. The zero-order chi connectivity index (χ0) is 15.6. The number of nitrogens with zero attached hydrogens (tertiary/aromatic N) is 1. The zero-order valence-corrected chi connectivity index (χ0v) is 14.3. The standard InChI is InChI=1S/C14H11BrCl2N2O2/c1-7-3-9(15)5-11(21-2)12(7)19-14(20)8-4-10(16)13(17)18-6-8/h3-6H,1-2H3,(H,19,20). The number of hydrogen-bond acceptors (Lipinski definition) is 3. The molecule has 2 aromatic rings. The lowest BCUT2D eigenvalue weighted by Crippen LogP contribution is -2.14. The number of carbonyl (C=O) groups is 1. The molecule has 7 heteroatoms. The predicted molar refractivity (Wildman–Crippen MR) is 87.6 cm³/mol. The summed E-state index contributed by atoms with van der Waals surface area (Å²) in [5, 5.41) is 3.18. The first-order valence-electron chi connectivity index (χ1n) is 5.89. The summed E-state index contributed by atoms with van der Waals surface area (Å²) in [5.74, 6) is 0.216. The fourth-order valence-corrected chi connectivity index (χ4v) is 2.59. The molecule has 0 fully saturated rings. The first kappa shape index (κ1) is 16.1. The Morgan fingerprint density at radius 1 is 1.33 bits per heavy atom. The van der Waals surface area contributed by atoms with E-state index in [2.05, 4.69) is 26.2 Å². The largest absolute Gasteiger partial charge is 0.495 e. The van der Waals surface area contributed by atoms with Gasteiger partial charge in [-0.2, -0.15) is 0 Å². The molecule has 4 nitrogen and oxygen atoms in total. The first-order valence-corrected chi connectivity index (χ1v) is 7.43. The summed E-state index contributed by atoms with van der Waals surface area (Å²) >= 11 is 15.0. The van der Waals surface area contributed by atoms with Crippen LogP contribution in [0.5, 0.6) is 5.75 Å². The average Bonchev–Trinajstić information content (AvgIpc) is 2.44. The van der Waals surface area contributed by atoms with Gasteiger partial charge in [0.1, 0.15) is 10.9 Å². The minimum absolute atomic E-state index is 0.158. The molecule has 0 saturated carbocycles. The van der Waals surface area contributed by atoms with E-state index >= 15 is 0 Å². The molecule has 0 radical (unpaired) electrons. The van der Waals surface area contributed by atoms with Gasteiger partial charge in [0.25, 0.3) is 5.91 Å². The molecule has 1 aromatic carbocycles. The van der Waals surface area contributed by atoms with Gasteiger partial charge in [0.05, 0.1) is 23.4 Å². The molecule has 21 heavy (non-hydrogen) atoms. The van der Waals surface area contributed by atoms with E-state index in [1.807, 2.05) is 13.0 Å². The van der Waals surface area contributed by atoms with Crippen LogP contribution in [0.1, 0.15) is 15.9 Å². The maximum atomic E-state index is 12.3. The van der Waals surface area contributed by atoms with Crippen LogP contribution in [0.4, 0.5) is 5.69 Å². The monoisotopic (exact) mass is 388 g/mol. The Hall–Kier alpha value is -1.30. The van der Waals surface area contributed by atoms with Gasteiger partial charge >= 0.3 is 0 Å². The average molecular weight is 390 g/mol. The van der Waals surface area contributed by atoms with Crippen LogP contribution in [-0.4, -0.2) is 18.0 Å². The van der Waals surface area contributed by atoms with Crippen molar-refractivity contribution in [2.24, 2.45) is 0 Å². The maximum Gasteiger partial charge on any atom is 0.257 e. The minimum Gasteiger partial charge on any atom is -0.495 e. The fourth-order valence-electron chi connectivity index (χ4n) is 1.76. The summed E-state index contributed by atoms with van der Waals surface area (Å²) in [5.41, 5.74) is 1.77. The highest BCUT2D eigenvalue weighted by atomic mass is 79.9. The molecule has 0 aliphatic rings. The van der Waals surface area contributed by atoms with E-state index in [1.165, 1.54) is 19.4 Å². The second-order valence-electron chi connectivity index (χ2n) is 4.25. The predicted octanol–water partition coefficient (Wildman–Crippen LogP) is 4.72. The quantitative estimate of drug-likeness (QED) is 0.772. The van der Waals surface area contributed by atoms with Gasteiger partial charge in [0, 0.05) is 10.7 Å². The van der Waals surface area contributed by atoms with Crippen molar-refractivity contribution in [2.75, 3.05) is 12.4 Å². The van der Waals surface area contributed by atoms with Crippen LogP contribution in [0.15, 0.2) is 28.9 Å². The summed E-state index contributed by atoms with van der Waals surface area (Å²) in [6.45, 7) is 1.87. The number of pyridine rings is 1. The molecule has 110 valence electrons. The number of anilines is 1. The van der Waals surface area contributed by atoms with E-state index < -0.39 is 0 Å². The third-order valence-electron chi connectivity index (χ3n) is 2.78. The fraction of sp³-hybridized carbons (Fsp3) is 0.143. The zero-order valence-electron chi connectivity index (χ0n) is 11.2. The van der Waals surface area contributed by atoms with Gasteiger partial charge in [-0.3, -0.25) is 4.79 Å².